The van der Waals surface area contributed by atoms with E-state index < -0.39 is 0 Å². The number of piperazine rings is 1. The van der Waals surface area contributed by atoms with E-state index in [1.807, 2.05) is 29.8 Å². The van der Waals surface area contributed by atoms with E-state index in [-0.39, 0.29) is 0 Å². The standard InChI is InChI=1S/C17H25N7O/c1-3-18-17(19-12-16-21-20-13-22(16)2)24-10-8-23(9-11-24)14-6-4-5-7-15(14)25/h4-7,13,25H,3,8-12H2,1-2H3,(H,18,19). The van der Waals surface area contributed by atoms with E-state index in [2.05, 4.69) is 32.2 Å². The van der Waals surface area contributed by atoms with E-state index in [1.165, 1.54) is 0 Å². The van der Waals surface area contributed by atoms with E-state index >= 15 is 0 Å². The minimum absolute atomic E-state index is 0.332. The molecule has 3 rings (SSSR count). The lowest BCUT2D eigenvalue weighted by atomic mass is 10.2. The predicted octanol–water partition coefficient (Wildman–Crippen LogP) is 0.808. The fourth-order valence-electron chi connectivity index (χ4n) is 2.91. The molecule has 1 saturated heterocycles. The summed E-state index contributed by atoms with van der Waals surface area (Å²) in [5.74, 6) is 2.06. The molecule has 8 nitrogen and oxygen atoms in total. The molecule has 8 heteroatoms. The van der Waals surface area contributed by atoms with Crippen LogP contribution in [-0.4, -0.2) is 63.5 Å². The molecule has 0 aliphatic carbocycles. The number of rotatable bonds is 4. The van der Waals surface area contributed by atoms with Gasteiger partial charge in [0.15, 0.2) is 11.8 Å². The highest BCUT2D eigenvalue weighted by Gasteiger charge is 2.21. The van der Waals surface area contributed by atoms with Gasteiger partial charge in [0.1, 0.15) is 18.6 Å². The molecule has 0 unspecified atom stereocenters. The number of aromatic nitrogens is 3. The Labute approximate surface area is 147 Å². The summed E-state index contributed by atoms with van der Waals surface area (Å²) in [6, 6.07) is 7.48. The van der Waals surface area contributed by atoms with E-state index in [0.29, 0.717) is 12.3 Å². The zero-order chi connectivity index (χ0) is 17.6. The summed E-state index contributed by atoms with van der Waals surface area (Å²) >= 11 is 0. The van der Waals surface area contributed by atoms with Crippen LogP contribution in [0.4, 0.5) is 5.69 Å². The van der Waals surface area contributed by atoms with Crippen LogP contribution in [0, 0.1) is 0 Å². The Balaban J connectivity index is 1.64. The number of phenols is 1. The number of nitrogens with zero attached hydrogens (tertiary/aromatic N) is 6. The molecular formula is C17H25N7O. The molecule has 0 saturated carbocycles. The lowest BCUT2D eigenvalue weighted by Crippen LogP contribution is -2.52. The predicted molar refractivity (Wildman–Crippen MR) is 97.7 cm³/mol. The van der Waals surface area contributed by atoms with Crippen molar-refractivity contribution in [2.75, 3.05) is 37.6 Å². The van der Waals surface area contributed by atoms with Crippen molar-refractivity contribution in [2.45, 2.75) is 13.5 Å². The lowest BCUT2D eigenvalue weighted by Gasteiger charge is -2.37. The minimum Gasteiger partial charge on any atom is -0.506 e. The summed E-state index contributed by atoms with van der Waals surface area (Å²) in [7, 11) is 1.92. The number of guanidine groups is 1. The number of nitrogens with one attached hydrogen (secondary N) is 1. The van der Waals surface area contributed by atoms with Crippen molar-refractivity contribution in [3.05, 3.63) is 36.4 Å². The van der Waals surface area contributed by atoms with Crippen molar-refractivity contribution in [3.63, 3.8) is 0 Å². The quantitative estimate of drug-likeness (QED) is 0.631. The van der Waals surface area contributed by atoms with Gasteiger partial charge in [0, 0.05) is 39.8 Å². The Morgan fingerprint density at radius 1 is 1.24 bits per heavy atom. The smallest absolute Gasteiger partial charge is 0.194 e. The Kier molecular flexibility index (Phi) is 5.37. The first kappa shape index (κ1) is 17.1. The monoisotopic (exact) mass is 343 g/mol. The fraction of sp³-hybridized carbons (Fsp3) is 0.471. The maximum Gasteiger partial charge on any atom is 0.194 e. The molecule has 0 radical (unpaired) electrons. The highest BCUT2D eigenvalue weighted by Crippen LogP contribution is 2.27. The van der Waals surface area contributed by atoms with Gasteiger partial charge in [-0.1, -0.05) is 12.1 Å². The highest BCUT2D eigenvalue weighted by atomic mass is 16.3. The molecule has 2 N–H and O–H groups in total. The molecule has 0 amide bonds. The van der Waals surface area contributed by atoms with Crippen molar-refractivity contribution < 1.29 is 5.11 Å². The molecule has 1 aromatic carbocycles. The Morgan fingerprint density at radius 2 is 2.00 bits per heavy atom. The zero-order valence-corrected chi connectivity index (χ0v) is 14.8. The number of aliphatic imine (C=N–C) groups is 1. The van der Waals surface area contributed by atoms with E-state index in [4.69, 9.17) is 4.99 Å². The third-order valence-electron chi connectivity index (χ3n) is 4.31. The van der Waals surface area contributed by atoms with E-state index in [1.54, 1.807) is 12.4 Å². The number of phenolic OH excluding ortho intramolecular Hbond substituents is 1. The van der Waals surface area contributed by atoms with Crippen LogP contribution in [-0.2, 0) is 13.6 Å². The van der Waals surface area contributed by atoms with Gasteiger partial charge in [0.05, 0.1) is 5.69 Å². The van der Waals surface area contributed by atoms with E-state index in [9.17, 15) is 5.11 Å². The second kappa shape index (κ2) is 7.87. The summed E-state index contributed by atoms with van der Waals surface area (Å²) in [6.45, 7) is 6.75. The van der Waals surface area contributed by atoms with Crippen LogP contribution < -0.4 is 10.2 Å². The molecular weight excluding hydrogens is 318 g/mol. The molecule has 25 heavy (non-hydrogen) atoms. The molecule has 1 aliphatic rings. The van der Waals surface area contributed by atoms with Crippen LogP contribution in [0.2, 0.25) is 0 Å². The summed E-state index contributed by atoms with van der Waals surface area (Å²) in [5.41, 5.74) is 0.892. The van der Waals surface area contributed by atoms with Crippen molar-refractivity contribution in [2.24, 2.45) is 12.0 Å². The van der Waals surface area contributed by atoms with Gasteiger partial charge in [-0.15, -0.1) is 10.2 Å². The molecule has 1 aromatic heterocycles. The van der Waals surface area contributed by atoms with Gasteiger partial charge >= 0.3 is 0 Å². The van der Waals surface area contributed by atoms with Gasteiger partial charge < -0.3 is 24.8 Å². The Hall–Kier alpha value is -2.77. The maximum absolute atomic E-state index is 10.0. The van der Waals surface area contributed by atoms with Crippen molar-refractivity contribution in [3.8, 4) is 5.75 Å². The average Bonchev–Trinajstić information content (AvgIpc) is 3.04. The largest absolute Gasteiger partial charge is 0.506 e. The number of hydrogen-bond donors (Lipinski definition) is 2. The van der Waals surface area contributed by atoms with Crippen LogP contribution >= 0.6 is 0 Å². The third kappa shape index (κ3) is 4.01. The maximum atomic E-state index is 10.0. The number of aryl methyl sites for hydroxylation is 1. The second-order valence-corrected chi connectivity index (χ2v) is 5.99. The lowest BCUT2D eigenvalue weighted by molar-refractivity contribution is 0.369. The SMILES string of the molecule is CCNC(=NCc1nncn1C)N1CCN(c2ccccc2O)CC1. The van der Waals surface area contributed by atoms with Gasteiger partial charge in [-0.3, -0.25) is 0 Å². The average molecular weight is 343 g/mol. The topological polar surface area (TPSA) is 81.8 Å². The Bertz CT molecular complexity index is 719. The molecule has 0 bridgehead atoms. The van der Waals surface area contributed by atoms with Crippen LogP contribution in [0.15, 0.2) is 35.6 Å². The van der Waals surface area contributed by atoms with Crippen LogP contribution in [0.3, 0.4) is 0 Å². The van der Waals surface area contributed by atoms with E-state index in [0.717, 1.165) is 50.2 Å². The molecule has 2 heterocycles. The minimum atomic E-state index is 0.332. The number of anilines is 1. The number of aromatic hydroxyl groups is 1. The third-order valence-corrected chi connectivity index (χ3v) is 4.31. The summed E-state index contributed by atoms with van der Waals surface area (Å²) in [4.78, 5) is 9.15. The molecule has 2 aromatic rings. The Morgan fingerprint density at radius 3 is 2.64 bits per heavy atom. The molecule has 0 atom stereocenters. The van der Waals surface area contributed by atoms with Crippen LogP contribution in [0.1, 0.15) is 12.7 Å². The summed E-state index contributed by atoms with van der Waals surface area (Å²) in [5, 5.41) is 21.3. The van der Waals surface area contributed by atoms with Gasteiger partial charge in [-0.05, 0) is 19.1 Å². The first-order valence-electron chi connectivity index (χ1n) is 8.58. The van der Waals surface area contributed by atoms with Gasteiger partial charge in [0.25, 0.3) is 0 Å². The fourth-order valence-corrected chi connectivity index (χ4v) is 2.91. The molecule has 0 spiro atoms. The number of hydrogen-bond acceptors (Lipinski definition) is 5. The molecule has 134 valence electrons. The van der Waals surface area contributed by atoms with Crippen molar-refractivity contribution in [1.82, 2.24) is 25.0 Å². The van der Waals surface area contributed by atoms with Crippen molar-refractivity contribution in [1.29, 1.82) is 0 Å². The molecule has 1 fully saturated rings. The van der Waals surface area contributed by atoms with Crippen molar-refractivity contribution >= 4 is 11.6 Å². The van der Waals surface area contributed by atoms with Gasteiger partial charge in [-0.2, -0.15) is 0 Å². The zero-order valence-electron chi connectivity index (χ0n) is 14.8. The highest BCUT2D eigenvalue weighted by molar-refractivity contribution is 5.80. The summed E-state index contributed by atoms with van der Waals surface area (Å²) in [6.07, 6.45) is 1.68. The second-order valence-electron chi connectivity index (χ2n) is 5.99. The number of para-hydroxylation sites is 2. The molecule has 1 aliphatic heterocycles. The first-order chi connectivity index (χ1) is 12.2. The van der Waals surface area contributed by atoms with Crippen LogP contribution in [0.5, 0.6) is 5.75 Å². The van der Waals surface area contributed by atoms with Gasteiger partial charge in [-0.25, -0.2) is 4.99 Å². The normalized spacial score (nSPS) is 15.5. The van der Waals surface area contributed by atoms with Crippen LogP contribution in [0.25, 0.3) is 0 Å². The first-order valence-corrected chi connectivity index (χ1v) is 8.58. The van der Waals surface area contributed by atoms with Gasteiger partial charge in [0.2, 0.25) is 0 Å². The summed E-state index contributed by atoms with van der Waals surface area (Å²) < 4.78 is 1.88. The number of benzene rings is 1.